The summed E-state index contributed by atoms with van der Waals surface area (Å²) in [7, 11) is 0. The molecule has 0 nitrogen and oxygen atoms in total. The van der Waals surface area contributed by atoms with Crippen LogP contribution in [0.5, 0.6) is 0 Å². The monoisotopic (exact) mass is 356 g/mol. The lowest BCUT2D eigenvalue weighted by atomic mass is 10.0. The highest BCUT2D eigenvalue weighted by atomic mass is 35.5. The molecule has 0 aromatic rings. The fraction of sp³-hybridized carbons (Fsp3) is 0.913. The SMILES string of the molecule is CC(C)=CCCCCCCCCCCCCCCCCCCCCl. The van der Waals surface area contributed by atoms with E-state index in [1.165, 1.54) is 121 Å². The quantitative estimate of drug-likeness (QED) is 0.123. The van der Waals surface area contributed by atoms with E-state index in [2.05, 4.69) is 19.9 Å². The summed E-state index contributed by atoms with van der Waals surface area (Å²) in [5.74, 6) is 0.844. The van der Waals surface area contributed by atoms with Crippen molar-refractivity contribution in [2.24, 2.45) is 0 Å². The molecule has 0 bridgehead atoms. The Kier molecular flexibility index (Phi) is 21.1. The second kappa shape index (κ2) is 21.1. The molecule has 0 heterocycles. The lowest BCUT2D eigenvalue weighted by Crippen LogP contribution is -1.84. The summed E-state index contributed by atoms with van der Waals surface area (Å²) < 4.78 is 0. The first-order valence-corrected chi connectivity index (χ1v) is 11.5. The minimum absolute atomic E-state index is 0.844. The molecular formula is C23H45Cl. The van der Waals surface area contributed by atoms with Crippen LogP contribution in [-0.2, 0) is 0 Å². The van der Waals surface area contributed by atoms with Crippen LogP contribution in [0.2, 0.25) is 0 Å². The van der Waals surface area contributed by atoms with Gasteiger partial charge in [0, 0.05) is 5.88 Å². The Morgan fingerprint density at radius 3 is 1.08 bits per heavy atom. The van der Waals surface area contributed by atoms with Gasteiger partial charge in [-0.05, 0) is 33.1 Å². The van der Waals surface area contributed by atoms with Crippen molar-refractivity contribution in [3.8, 4) is 0 Å². The van der Waals surface area contributed by atoms with Crippen LogP contribution in [0.1, 0.15) is 129 Å². The largest absolute Gasteiger partial charge is 0.127 e. The third-order valence-corrected chi connectivity index (χ3v) is 5.16. The standard InChI is InChI=1S/C23H45Cl/c1-23(2)21-19-17-15-13-11-9-7-5-3-4-6-8-10-12-14-16-18-20-22-24/h21H,3-20,22H2,1-2H3. The van der Waals surface area contributed by atoms with Crippen LogP contribution in [0.4, 0.5) is 0 Å². The van der Waals surface area contributed by atoms with E-state index in [1.807, 2.05) is 0 Å². The summed E-state index contributed by atoms with van der Waals surface area (Å²) in [6, 6.07) is 0. The molecule has 0 spiro atoms. The Labute approximate surface area is 158 Å². The van der Waals surface area contributed by atoms with E-state index in [-0.39, 0.29) is 0 Å². The predicted molar refractivity (Wildman–Crippen MR) is 113 cm³/mol. The summed E-state index contributed by atoms with van der Waals surface area (Å²) >= 11 is 5.69. The molecule has 0 fully saturated rings. The van der Waals surface area contributed by atoms with Gasteiger partial charge in [-0.15, -0.1) is 11.6 Å². The van der Waals surface area contributed by atoms with Gasteiger partial charge in [0.25, 0.3) is 0 Å². The van der Waals surface area contributed by atoms with Crippen LogP contribution in [-0.4, -0.2) is 5.88 Å². The molecule has 0 atom stereocenters. The molecule has 0 saturated heterocycles. The maximum Gasteiger partial charge on any atom is 0.0223 e. The average molecular weight is 357 g/mol. The smallest absolute Gasteiger partial charge is 0.0223 e. The number of hydrogen-bond donors (Lipinski definition) is 0. The van der Waals surface area contributed by atoms with Crippen molar-refractivity contribution < 1.29 is 0 Å². The van der Waals surface area contributed by atoms with Crippen molar-refractivity contribution in [3.63, 3.8) is 0 Å². The van der Waals surface area contributed by atoms with Gasteiger partial charge in [0.1, 0.15) is 0 Å². The molecular weight excluding hydrogens is 312 g/mol. The van der Waals surface area contributed by atoms with Crippen molar-refractivity contribution in [1.82, 2.24) is 0 Å². The van der Waals surface area contributed by atoms with Gasteiger partial charge in [0.05, 0.1) is 0 Å². The van der Waals surface area contributed by atoms with Crippen LogP contribution < -0.4 is 0 Å². The third kappa shape index (κ3) is 22.0. The number of allylic oxidation sites excluding steroid dienone is 2. The summed E-state index contributed by atoms with van der Waals surface area (Å²) in [5.41, 5.74) is 1.47. The van der Waals surface area contributed by atoms with Gasteiger partial charge >= 0.3 is 0 Å². The van der Waals surface area contributed by atoms with E-state index in [4.69, 9.17) is 11.6 Å². The molecule has 24 heavy (non-hydrogen) atoms. The summed E-state index contributed by atoms with van der Waals surface area (Å²) in [4.78, 5) is 0. The molecule has 144 valence electrons. The molecule has 0 radical (unpaired) electrons. The average Bonchev–Trinajstić information content (AvgIpc) is 2.56. The van der Waals surface area contributed by atoms with Crippen LogP contribution in [0, 0.1) is 0 Å². The highest BCUT2D eigenvalue weighted by Crippen LogP contribution is 2.14. The molecule has 0 saturated carbocycles. The number of unbranched alkanes of at least 4 members (excludes halogenated alkanes) is 17. The maximum absolute atomic E-state index is 5.69. The van der Waals surface area contributed by atoms with E-state index in [0.717, 1.165) is 5.88 Å². The van der Waals surface area contributed by atoms with Crippen LogP contribution >= 0.6 is 11.6 Å². The van der Waals surface area contributed by atoms with E-state index in [0.29, 0.717) is 0 Å². The molecule has 0 aromatic carbocycles. The fourth-order valence-corrected chi connectivity index (χ4v) is 3.47. The minimum Gasteiger partial charge on any atom is -0.127 e. The first-order valence-electron chi connectivity index (χ1n) is 11.0. The third-order valence-electron chi connectivity index (χ3n) is 4.89. The lowest BCUT2D eigenvalue weighted by Gasteiger charge is -2.03. The van der Waals surface area contributed by atoms with Crippen molar-refractivity contribution in [2.75, 3.05) is 5.88 Å². The highest BCUT2D eigenvalue weighted by molar-refractivity contribution is 6.17. The Morgan fingerprint density at radius 1 is 0.500 bits per heavy atom. The second-order valence-corrected chi connectivity index (χ2v) is 8.15. The minimum atomic E-state index is 0.844. The van der Waals surface area contributed by atoms with Gasteiger partial charge in [-0.3, -0.25) is 0 Å². The van der Waals surface area contributed by atoms with Gasteiger partial charge in [-0.2, -0.15) is 0 Å². The summed E-state index contributed by atoms with van der Waals surface area (Å²) in [6.45, 7) is 4.40. The van der Waals surface area contributed by atoms with E-state index in [9.17, 15) is 0 Å². The van der Waals surface area contributed by atoms with Crippen molar-refractivity contribution in [3.05, 3.63) is 11.6 Å². The zero-order valence-corrected chi connectivity index (χ0v) is 17.6. The van der Waals surface area contributed by atoms with E-state index in [1.54, 1.807) is 0 Å². The number of hydrogen-bond acceptors (Lipinski definition) is 0. The first-order chi connectivity index (χ1) is 11.8. The highest BCUT2D eigenvalue weighted by Gasteiger charge is 1.95. The lowest BCUT2D eigenvalue weighted by molar-refractivity contribution is 0.527. The zero-order valence-electron chi connectivity index (χ0n) is 16.9. The molecule has 0 rings (SSSR count). The predicted octanol–water partition coefficient (Wildman–Crippen LogP) is 9.21. The molecule has 0 aliphatic rings. The number of halogens is 1. The van der Waals surface area contributed by atoms with Crippen LogP contribution in [0.15, 0.2) is 11.6 Å². The van der Waals surface area contributed by atoms with Gasteiger partial charge in [0.2, 0.25) is 0 Å². The number of alkyl halides is 1. The molecule has 1 heteroatoms. The summed E-state index contributed by atoms with van der Waals surface area (Å²) in [5, 5.41) is 0. The topological polar surface area (TPSA) is 0 Å². The van der Waals surface area contributed by atoms with Gasteiger partial charge in [-0.25, -0.2) is 0 Å². The maximum atomic E-state index is 5.69. The van der Waals surface area contributed by atoms with Crippen molar-refractivity contribution in [2.45, 2.75) is 129 Å². The van der Waals surface area contributed by atoms with Crippen LogP contribution in [0.25, 0.3) is 0 Å². The van der Waals surface area contributed by atoms with Crippen molar-refractivity contribution in [1.29, 1.82) is 0 Å². The van der Waals surface area contributed by atoms with Gasteiger partial charge < -0.3 is 0 Å². The normalized spacial score (nSPS) is 11.0. The molecule has 0 aromatic heterocycles. The van der Waals surface area contributed by atoms with Crippen LogP contribution in [0.3, 0.4) is 0 Å². The van der Waals surface area contributed by atoms with E-state index >= 15 is 0 Å². The van der Waals surface area contributed by atoms with Crippen molar-refractivity contribution >= 4 is 11.6 Å². The Balaban J connectivity index is 2.99. The molecule has 0 aliphatic heterocycles. The molecule has 0 aliphatic carbocycles. The molecule has 0 N–H and O–H groups in total. The first kappa shape index (κ1) is 24.0. The van der Waals surface area contributed by atoms with Gasteiger partial charge in [-0.1, -0.05) is 108 Å². The fourth-order valence-electron chi connectivity index (χ4n) is 3.28. The Hall–Kier alpha value is 0.0300. The molecule has 0 unspecified atom stereocenters. The molecule has 0 amide bonds. The van der Waals surface area contributed by atoms with E-state index < -0.39 is 0 Å². The Bertz CT molecular complexity index is 253. The van der Waals surface area contributed by atoms with Gasteiger partial charge in [0.15, 0.2) is 0 Å². The zero-order chi connectivity index (χ0) is 17.7. The Morgan fingerprint density at radius 2 is 0.792 bits per heavy atom. The second-order valence-electron chi connectivity index (χ2n) is 7.77. The summed E-state index contributed by atoms with van der Waals surface area (Å²) in [6.07, 6.45) is 27.9. The number of rotatable bonds is 19.